The van der Waals surface area contributed by atoms with E-state index in [1.807, 2.05) is 0 Å². The van der Waals surface area contributed by atoms with Crippen LogP contribution in [0.4, 0.5) is 0 Å². The Morgan fingerprint density at radius 2 is 1.28 bits per heavy atom. The number of ether oxygens (including phenoxy) is 1. The second-order valence-electron chi connectivity index (χ2n) is 11.1. The van der Waals surface area contributed by atoms with Crippen molar-refractivity contribution in [1.82, 2.24) is 10.2 Å². The number of hydrogen-bond donors (Lipinski definition) is 0. The number of hydrogen-bond acceptors (Lipinski definition) is 4. The van der Waals surface area contributed by atoms with Gasteiger partial charge >= 0.3 is 0 Å². The molecule has 1 fully saturated rings. The first kappa shape index (κ1) is 29.1. The molecule has 3 nitrogen and oxygen atoms in total. The van der Waals surface area contributed by atoms with Gasteiger partial charge in [-0.15, -0.1) is 10.2 Å². The number of rotatable bonds is 19. The summed E-state index contributed by atoms with van der Waals surface area (Å²) in [6, 6.07) is 8.48. The van der Waals surface area contributed by atoms with Gasteiger partial charge in [0.25, 0.3) is 0 Å². The molecule has 1 aromatic carbocycles. The van der Waals surface area contributed by atoms with Crippen molar-refractivity contribution in [1.29, 1.82) is 0 Å². The van der Waals surface area contributed by atoms with E-state index in [4.69, 9.17) is 4.74 Å². The van der Waals surface area contributed by atoms with Crippen LogP contribution in [0.15, 0.2) is 24.3 Å². The summed E-state index contributed by atoms with van der Waals surface area (Å²) < 4.78 is 5.99. The second kappa shape index (κ2) is 17.9. The standard InChI is InChI=1S/C32H52N2OS/c1-3-5-7-9-10-11-12-13-14-16-26-35-30-24-22-29(23-25-30)32-34-33-31(36-32)28-20-18-27(19-21-28)17-15-8-6-4-2/h22-25,27-28H,3-21,26H2,1-2H3. The fourth-order valence-electron chi connectivity index (χ4n) is 5.55. The van der Waals surface area contributed by atoms with E-state index in [1.165, 1.54) is 121 Å². The van der Waals surface area contributed by atoms with E-state index >= 15 is 0 Å². The van der Waals surface area contributed by atoms with Crippen LogP contribution in [-0.4, -0.2) is 16.8 Å². The lowest BCUT2D eigenvalue weighted by molar-refractivity contribution is 0.301. The Morgan fingerprint density at radius 3 is 1.92 bits per heavy atom. The Bertz CT molecular complexity index is 795. The van der Waals surface area contributed by atoms with Crippen LogP contribution in [-0.2, 0) is 0 Å². The van der Waals surface area contributed by atoms with E-state index < -0.39 is 0 Å². The minimum Gasteiger partial charge on any atom is -0.494 e. The first-order chi connectivity index (χ1) is 17.8. The fourth-order valence-corrected chi connectivity index (χ4v) is 6.57. The van der Waals surface area contributed by atoms with Crippen molar-refractivity contribution in [2.45, 2.75) is 142 Å². The largest absolute Gasteiger partial charge is 0.494 e. The van der Waals surface area contributed by atoms with Gasteiger partial charge in [-0.2, -0.15) is 0 Å². The monoisotopic (exact) mass is 512 g/mol. The van der Waals surface area contributed by atoms with Crippen molar-refractivity contribution in [3.63, 3.8) is 0 Å². The van der Waals surface area contributed by atoms with Crippen LogP contribution in [0.2, 0.25) is 0 Å². The zero-order chi connectivity index (χ0) is 25.3. The number of aromatic nitrogens is 2. The maximum Gasteiger partial charge on any atom is 0.147 e. The molecule has 1 aromatic heterocycles. The normalized spacial score (nSPS) is 17.9. The molecule has 2 aromatic rings. The highest BCUT2D eigenvalue weighted by molar-refractivity contribution is 7.14. The number of unbranched alkanes of at least 4 members (excludes halogenated alkanes) is 12. The highest BCUT2D eigenvalue weighted by Crippen LogP contribution is 2.40. The topological polar surface area (TPSA) is 35.0 Å². The molecule has 1 saturated carbocycles. The molecule has 0 N–H and O–H groups in total. The van der Waals surface area contributed by atoms with E-state index in [0.717, 1.165) is 35.3 Å². The molecule has 202 valence electrons. The Morgan fingerprint density at radius 1 is 0.694 bits per heavy atom. The summed E-state index contributed by atoms with van der Waals surface area (Å²) in [6.07, 6.45) is 25.9. The summed E-state index contributed by atoms with van der Waals surface area (Å²) in [7, 11) is 0. The van der Waals surface area contributed by atoms with Gasteiger partial charge in [-0.1, -0.05) is 115 Å². The first-order valence-electron chi connectivity index (χ1n) is 15.4. The molecule has 36 heavy (non-hydrogen) atoms. The van der Waals surface area contributed by atoms with E-state index in [-0.39, 0.29) is 0 Å². The third-order valence-corrected chi connectivity index (χ3v) is 9.11. The van der Waals surface area contributed by atoms with Gasteiger partial charge in [-0.3, -0.25) is 0 Å². The molecule has 0 aliphatic heterocycles. The maximum atomic E-state index is 5.99. The van der Waals surface area contributed by atoms with Crippen LogP contribution in [0, 0.1) is 5.92 Å². The van der Waals surface area contributed by atoms with Crippen molar-refractivity contribution in [2.24, 2.45) is 5.92 Å². The van der Waals surface area contributed by atoms with Gasteiger partial charge in [-0.05, 0) is 62.3 Å². The highest BCUT2D eigenvalue weighted by Gasteiger charge is 2.25. The Kier molecular flexibility index (Phi) is 14.5. The summed E-state index contributed by atoms with van der Waals surface area (Å²) in [6.45, 7) is 5.40. The summed E-state index contributed by atoms with van der Waals surface area (Å²) in [5.74, 6) is 2.53. The van der Waals surface area contributed by atoms with Gasteiger partial charge < -0.3 is 4.74 Å². The maximum absolute atomic E-state index is 5.99. The van der Waals surface area contributed by atoms with E-state index in [2.05, 4.69) is 48.3 Å². The lowest BCUT2D eigenvalue weighted by Gasteiger charge is -2.27. The molecule has 0 atom stereocenters. The van der Waals surface area contributed by atoms with Crippen LogP contribution in [0.3, 0.4) is 0 Å². The van der Waals surface area contributed by atoms with Gasteiger partial charge in [0.2, 0.25) is 0 Å². The van der Waals surface area contributed by atoms with Gasteiger partial charge in [0, 0.05) is 11.5 Å². The molecule has 0 bridgehead atoms. The minimum absolute atomic E-state index is 0.617. The van der Waals surface area contributed by atoms with Gasteiger partial charge in [0.05, 0.1) is 6.61 Å². The third kappa shape index (κ3) is 10.9. The Hall–Kier alpha value is -1.42. The molecule has 0 radical (unpaired) electrons. The summed E-state index contributed by atoms with van der Waals surface area (Å²) in [4.78, 5) is 0. The second-order valence-corrected chi connectivity index (χ2v) is 12.1. The van der Waals surface area contributed by atoms with Crippen molar-refractivity contribution >= 4 is 11.3 Å². The van der Waals surface area contributed by atoms with Crippen LogP contribution in [0.25, 0.3) is 10.6 Å². The van der Waals surface area contributed by atoms with Gasteiger partial charge in [0.1, 0.15) is 15.8 Å². The predicted molar refractivity (Wildman–Crippen MR) is 156 cm³/mol. The molecule has 0 saturated heterocycles. The van der Waals surface area contributed by atoms with E-state index in [0.29, 0.717) is 5.92 Å². The van der Waals surface area contributed by atoms with Crippen LogP contribution >= 0.6 is 11.3 Å². The van der Waals surface area contributed by atoms with Crippen molar-refractivity contribution < 1.29 is 4.74 Å². The average Bonchev–Trinajstić information content (AvgIpc) is 3.41. The molecular formula is C32H52N2OS. The van der Waals surface area contributed by atoms with Crippen molar-refractivity contribution in [3.05, 3.63) is 29.3 Å². The van der Waals surface area contributed by atoms with Crippen molar-refractivity contribution in [2.75, 3.05) is 6.61 Å². The zero-order valence-electron chi connectivity index (χ0n) is 23.3. The molecule has 1 aliphatic rings. The van der Waals surface area contributed by atoms with Gasteiger partial charge in [-0.25, -0.2) is 0 Å². The van der Waals surface area contributed by atoms with Crippen LogP contribution < -0.4 is 4.74 Å². The molecule has 0 unspecified atom stereocenters. The van der Waals surface area contributed by atoms with Crippen LogP contribution in [0.1, 0.15) is 147 Å². The molecule has 0 amide bonds. The number of benzene rings is 1. The lowest BCUT2D eigenvalue weighted by Crippen LogP contribution is -2.13. The number of nitrogens with zero attached hydrogens (tertiary/aromatic N) is 2. The van der Waals surface area contributed by atoms with E-state index in [9.17, 15) is 0 Å². The fraction of sp³-hybridized carbons (Fsp3) is 0.750. The Balaban J connectivity index is 1.29. The average molecular weight is 513 g/mol. The smallest absolute Gasteiger partial charge is 0.147 e. The molecule has 1 aliphatic carbocycles. The summed E-state index contributed by atoms with van der Waals surface area (Å²) in [5, 5.41) is 11.4. The molecule has 3 rings (SSSR count). The Labute approximate surface area is 225 Å². The van der Waals surface area contributed by atoms with Crippen molar-refractivity contribution in [3.8, 4) is 16.3 Å². The summed E-state index contributed by atoms with van der Waals surface area (Å²) >= 11 is 1.80. The SMILES string of the molecule is CCCCCCCCCCCCOc1ccc(-c2nnc(C3CCC(CCCCCC)CC3)s2)cc1. The molecular weight excluding hydrogens is 460 g/mol. The lowest BCUT2D eigenvalue weighted by atomic mass is 9.80. The van der Waals surface area contributed by atoms with Gasteiger partial charge in [0.15, 0.2) is 0 Å². The third-order valence-electron chi connectivity index (χ3n) is 7.97. The molecule has 4 heteroatoms. The van der Waals surface area contributed by atoms with Crippen LogP contribution in [0.5, 0.6) is 5.75 Å². The quantitative estimate of drug-likeness (QED) is 0.176. The minimum atomic E-state index is 0.617. The first-order valence-corrected chi connectivity index (χ1v) is 16.2. The summed E-state index contributed by atoms with van der Waals surface area (Å²) in [5.41, 5.74) is 1.16. The zero-order valence-corrected chi connectivity index (χ0v) is 24.1. The molecule has 1 heterocycles. The van der Waals surface area contributed by atoms with E-state index in [1.54, 1.807) is 11.3 Å². The molecule has 0 spiro atoms. The predicted octanol–water partition coefficient (Wildman–Crippen LogP) is 10.7. The highest BCUT2D eigenvalue weighted by atomic mass is 32.1.